The van der Waals surface area contributed by atoms with E-state index in [1.54, 1.807) is 25.3 Å². The van der Waals surface area contributed by atoms with Crippen molar-refractivity contribution in [1.82, 2.24) is 0 Å². The minimum absolute atomic E-state index is 0.0205. The molecule has 1 aliphatic rings. The molecule has 156 valence electrons. The largest absolute Gasteiger partial charge is 0.452 e. The molecule has 0 fully saturated rings. The van der Waals surface area contributed by atoms with Crippen LogP contribution in [0.15, 0.2) is 42.5 Å². The van der Waals surface area contributed by atoms with Crippen LogP contribution in [0.4, 0.5) is 0 Å². The van der Waals surface area contributed by atoms with E-state index >= 15 is 0 Å². The zero-order valence-corrected chi connectivity index (χ0v) is 19.1. The van der Waals surface area contributed by atoms with Crippen molar-refractivity contribution >= 4 is 14.3 Å². The standard InChI is InChI=1S/C22H34O5Si/c1-16(27-28(6,7)22(2,3)4)15-19-18(13-14-20(24-5)25-19)26-21(23)17-11-9-8-10-12-17/h8-14,16,18-20H,15H2,1-7H3/t16?,18-,19-,20?/m0/s1. The van der Waals surface area contributed by atoms with Crippen LogP contribution < -0.4 is 0 Å². The average Bonchev–Trinajstić information content (AvgIpc) is 2.62. The highest BCUT2D eigenvalue weighted by Gasteiger charge is 2.40. The highest BCUT2D eigenvalue weighted by Crippen LogP contribution is 2.38. The molecule has 1 aliphatic heterocycles. The summed E-state index contributed by atoms with van der Waals surface area (Å²) in [5.41, 5.74) is 0.522. The lowest BCUT2D eigenvalue weighted by Gasteiger charge is -2.40. The second-order valence-electron chi connectivity index (χ2n) is 8.82. The molecular formula is C22H34O5Si. The van der Waals surface area contributed by atoms with Gasteiger partial charge in [-0.3, -0.25) is 0 Å². The molecule has 2 unspecified atom stereocenters. The maximum Gasteiger partial charge on any atom is 0.338 e. The van der Waals surface area contributed by atoms with Crippen LogP contribution in [0.5, 0.6) is 0 Å². The van der Waals surface area contributed by atoms with Crippen molar-refractivity contribution in [3.63, 3.8) is 0 Å². The van der Waals surface area contributed by atoms with E-state index in [9.17, 15) is 4.79 Å². The van der Waals surface area contributed by atoms with Gasteiger partial charge in [-0.25, -0.2) is 4.79 Å². The molecule has 1 heterocycles. The van der Waals surface area contributed by atoms with Gasteiger partial charge in [0.2, 0.25) is 0 Å². The van der Waals surface area contributed by atoms with E-state index in [1.807, 2.05) is 24.3 Å². The van der Waals surface area contributed by atoms with Gasteiger partial charge < -0.3 is 18.6 Å². The molecule has 0 spiro atoms. The summed E-state index contributed by atoms with van der Waals surface area (Å²) >= 11 is 0. The first kappa shape index (κ1) is 22.8. The first-order valence-electron chi connectivity index (χ1n) is 9.84. The summed E-state index contributed by atoms with van der Waals surface area (Å²) in [5.74, 6) is -0.363. The molecule has 1 aromatic rings. The van der Waals surface area contributed by atoms with E-state index in [1.165, 1.54) is 0 Å². The van der Waals surface area contributed by atoms with Gasteiger partial charge in [-0.2, -0.15) is 0 Å². The van der Waals surface area contributed by atoms with Crippen LogP contribution in [0.25, 0.3) is 0 Å². The summed E-state index contributed by atoms with van der Waals surface area (Å²) in [7, 11) is -0.302. The number of carbonyl (C=O) groups is 1. The highest BCUT2D eigenvalue weighted by molar-refractivity contribution is 6.74. The van der Waals surface area contributed by atoms with E-state index in [4.69, 9.17) is 18.6 Å². The van der Waals surface area contributed by atoms with Crippen molar-refractivity contribution in [1.29, 1.82) is 0 Å². The number of benzene rings is 1. The summed E-state index contributed by atoms with van der Waals surface area (Å²) < 4.78 is 23.5. The molecule has 28 heavy (non-hydrogen) atoms. The van der Waals surface area contributed by atoms with E-state index in [0.717, 1.165) is 0 Å². The molecule has 0 aromatic heterocycles. The van der Waals surface area contributed by atoms with Crippen LogP contribution in [-0.4, -0.2) is 46.0 Å². The monoisotopic (exact) mass is 406 g/mol. The Bertz CT molecular complexity index is 665. The Labute approximate surface area is 170 Å². The first-order chi connectivity index (χ1) is 13.0. The molecule has 5 nitrogen and oxygen atoms in total. The minimum Gasteiger partial charge on any atom is -0.452 e. The van der Waals surface area contributed by atoms with Crippen molar-refractivity contribution in [2.24, 2.45) is 0 Å². The van der Waals surface area contributed by atoms with Gasteiger partial charge in [0.15, 0.2) is 14.6 Å². The fraction of sp³-hybridized carbons (Fsp3) is 0.591. The molecule has 2 rings (SSSR count). The lowest BCUT2D eigenvalue weighted by molar-refractivity contribution is -0.165. The van der Waals surface area contributed by atoms with Gasteiger partial charge in [0.25, 0.3) is 0 Å². The predicted molar refractivity (Wildman–Crippen MR) is 113 cm³/mol. The van der Waals surface area contributed by atoms with Crippen LogP contribution in [0, 0.1) is 0 Å². The van der Waals surface area contributed by atoms with Crippen LogP contribution >= 0.6 is 0 Å². The molecule has 0 saturated carbocycles. The van der Waals surface area contributed by atoms with Gasteiger partial charge in [0.05, 0.1) is 5.56 Å². The van der Waals surface area contributed by atoms with Crippen molar-refractivity contribution in [3.05, 3.63) is 48.0 Å². The van der Waals surface area contributed by atoms with Crippen LogP contribution in [0.2, 0.25) is 18.1 Å². The van der Waals surface area contributed by atoms with Crippen LogP contribution in [0.3, 0.4) is 0 Å². The molecule has 0 N–H and O–H groups in total. The summed E-state index contributed by atoms with van der Waals surface area (Å²) in [6.45, 7) is 13.2. The summed E-state index contributed by atoms with van der Waals surface area (Å²) in [5, 5.41) is 0.128. The van der Waals surface area contributed by atoms with Gasteiger partial charge in [-0.15, -0.1) is 0 Å². The smallest absolute Gasteiger partial charge is 0.338 e. The minimum atomic E-state index is -1.90. The summed E-state index contributed by atoms with van der Waals surface area (Å²) in [6.07, 6.45) is 2.96. The van der Waals surface area contributed by atoms with Crippen molar-refractivity contribution in [2.45, 2.75) is 76.8 Å². The molecule has 0 aliphatic carbocycles. The van der Waals surface area contributed by atoms with E-state index in [2.05, 4.69) is 40.8 Å². The molecule has 0 bridgehead atoms. The summed E-state index contributed by atoms with van der Waals surface area (Å²) in [4.78, 5) is 12.5. The second kappa shape index (κ2) is 9.35. The van der Waals surface area contributed by atoms with Crippen molar-refractivity contribution in [3.8, 4) is 0 Å². The quantitative estimate of drug-likeness (QED) is 0.365. The molecule has 1 aromatic carbocycles. The van der Waals surface area contributed by atoms with Crippen LogP contribution in [-0.2, 0) is 18.6 Å². The van der Waals surface area contributed by atoms with Gasteiger partial charge >= 0.3 is 5.97 Å². The molecular weight excluding hydrogens is 372 g/mol. The lowest BCUT2D eigenvalue weighted by Crippen LogP contribution is -2.46. The third-order valence-corrected chi connectivity index (χ3v) is 10.1. The third-order valence-electron chi connectivity index (χ3n) is 5.48. The number of esters is 1. The number of rotatable bonds is 7. The number of ether oxygens (including phenoxy) is 3. The molecule has 6 heteroatoms. The predicted octanol–water partition coefficient (Wildman–Crippen LogP) is 4.94. The van der Waals surface area contributed by atoms with E-state index < -0.39 is 20.7 Å². The summed E-state index contributed by atoms with van der Waals surface area (Å²) in [6, 6.07) is 8.98. The second-order valence-corrected chi connectivity index (χ2v) is 13.6. The Hall–Kier alpha value is -1.47. The van der Waals surface area contributed by atoms with Gasteiger partial charge in [0.1, 0.15) is 12.2 Å². The third kappa shape index (κ3) is 6.01. The fourth-order valence-corrected chi connectivity index (χ4v) is 4.33. The molecule has 0 amide bonds. The lowest BCUT2D eigenvalue weighted by atomic mass is 10.0. The SMILES string of the molecule is COC1C=C[C@H](OC(=O)c2ccccc2)[C@H](CC(C)O[Si](C)(C)C(C)(C)C)O1. The average molecular weight is 407 g/mol. The number of carbonyl (C=O) groups excluding carboxylic acids is 1. The molecule has 0 saturated heterocycles. The van der Waals surface area contributed by atoms with Crippen LogP contribution in [0.1, 0.15) is 44.5 Å². The first-order valence-corrected chi connectivity index (χ1v) is 12.7. The normalized spacial score (nSPS) is 24.0. The number of methoxy groups -OCH3 is 1. The number of hydrogen-bond donors (Lipinski definition) is 0. The van der Waals surface area contributed by atoms with Crippen molar-refractivity contribution < 1.29 is 23.4 Å². The highest BCUT2D eigenvalue weighted by atomic mass is 28.4. The van der Waals surface area contributed by atoms with E-state index in [0.29, 0.717) is 12.0 Å². The zero-order valence-electron chi connectivity index (χ0n) is 18.1. The maximum atomic E-state index is 12.5. The fourth-order valence-electron chi connectivity index (χ4n) is 2.88. The van der Waals surface area contributed by atoms with Gasteiger partial charge in [-0.05, 0) is 49.3 Å². The van der Waals surface area contributed by atoms with E-state index in [-0.39, 0.29) is 23.2 Å². The van der Waals surface area contributed by atoms with Gasteiger partial charge in [-0.1, -0.05) is 39.0 Å². The molecule has 4 atom stereocenters. The zero-order chi connectivity index (χ0) is 20.9. The van der Waals surface area contributed by atoms with Gasteiger partial charge in [0, 0.05) is 19.6 Å². The number of hydrogen-bond acceptors (Lipinski definition) is 5. The Balaban J connectivity index is 2.08. The Morgan fingerprint density at radius 3 is 2.39 bits per heavy atom. The van der Waals surface area contributed by atoms with Crippen molar-refractivity contribution in [2.75, 3.05) is 7.11 Å². The Morgan fingerprint density at radius 1 is 1.18 bits per heavy atom. The molecule has 0 radical (unpaired) electrons. The Kier molecular flexibility index (Phi) is 7.62. The Morgan fingerprint density at radius 2 is 1.82 bits per heavy atom. The maximum absolute atomic E-state index is 12.5. The topological polar surface area (TPSA) is 54.0 Å².